The number of carbonyl (C=O) groups is 2. The van der Waals surface area contributed by atoms with E-state index in [1.54, 1.807) is 41.3 Å². The van der Waals surface area contributed by atoms with Crippen LogP contribution in [0.5, 0.6) is 0 Å². The number of anilines is 2. The molecule has 0 aliphatic carbocycles. The SMILES string of the molecule is N#Cc1cccc(C(=O)Nc2ccc(N3CCCN(Cc4cccc(Cl)c4)C3=O)cc2)c1. The van der Waals surface area contributed by atoms with Crippen molar-refractivity contribution < 1.29 is 9.59 Å². The molecule has 4 rings (SSSR count). The number of hydrogen-bond donors (Lipinski definition) is 1. The molecule has 1 saturated heterocycles. The number of carbonyl (C=O) groups excluding carboxylic acids is 2. The lowest BCUT2D eigenvalue weighted by molar-refractivity contribution is 0.102. The zero-order valence-corrected chi connectivity index (χ0v) is 18.0. The first-order chi connectivity index (χ1) is 15.5. The monoisotopic (exact) mass is 444 g/mol. The Labute approximate surface area is 191 Å². The van der Waals surface area contributed by atoms with Gasteiger partial charge >= 0.3 is 6.03 Å². The van der Waals surface area contributed by atoms with Crippen LogP contribution in [0.25, 0.3) is 0 Å². The molecular formula is C25H21ClN4O2. The molecule has 3 amide bonds. The van der Waals surface area contributed by atoms with Crippen LogP contribution in [-0.2, 0) is 6.54 Å². The number of urea groups is 1. The summed E-state index contributed by atoms with van der Waals surface area (Å²) in [4.78, 5) is 29.1. The maximum atomic E-state index is 13.0. The average molecular weight is 445 g/mol. The Morgan fingerprint density at radius 1 is 1.03 bits per heavy atom. The van der Waals surface area contributed by atoms with Gasteiger partial charge in [0.25, 0.3) is 5.91 Å². The summed E-state index contributed by atoms with van der Waals surface area (Å²) in [6, 6.07) is 23.2. The van der Waals surface area contributed by atoms with E-state index in [2.05, 4.69) is 5.32 Å². The maximum Gasteiger partial charge on any atom is 0.324 e. The number of nitriles is 1. The Kier molecular flexibility index (Phi) is 6.39. The summed E-state index contributed by atoms with van der Waals surface area (Å²) in [7, 11) is 0. The standard InChI is InChI=1S/C25H21ClN4O2/c26-21-7-2-5-19(15-21)17-29-12-3-13-30(25(29)32)23-10-8-22(9-11-23)28-24(31)20-6-1-4-18(14-20)16-27/h1-2,4-11,14-15H,3,12-13,17H2,(H,28,31). The van der Waals surface area contributed by atoms with Gasteiger partial charge in [0.1, 0.15) is 0 Å². The van der Waals surface area contributed by atoms with Gasteiger partial charge in [-0.1, -0.05) is 29.8 Å². The quantitative estimate of drug-likeness (QED) is 0.580. The summed E-state index contributed by atoms with van der Waals surface area (Å²) in [6.07, 6.45) is 0.861. The molecule has 0 aromatic heterocycles. The summed E-state index contributed by atoms with van der Waals surface area (Å²) < 4.78 is 0. The lowest BCUT2D eigenvalue weighted by Gasteiger charge is -2.35. The number of nitrogens with zero attached hydrogens (tertiary/aromatic N) is 3. The summed E-state index contributed by atoms with van der Waals surface area (Å²) in [5.41, 5.74) is 3.22. The minimum Gasteiger partial charge on any atom is -0.322 e. The third-order valence-electron chi connectivity index (χ3n) is 5.26. The Balaban J connectivity index is 1.43. The van der Waals surface area contributed by atoms with Crippen LogP contribution in [0.2, 0.25) is 5.02 Å². The molecule has 0 unspecified atom stereocenters. The Bertz CT molecular complexity index is 1190. The molecule has 1 aliphatic heterocycles. The van der Waals surface area contributed by atoms with Gasteiger partial charge in [-0.15, -0.1) is 0 Å². The zero-order valence-electron chi connectivity index (χ0n) is 17.3. The van der Waals surface area contributed by atoms with Crippen molar-refractivity contribution in [3.63, 3.8) is 0 Å². The number of benzene rings is 3. The molecule has 0 radical (unpaired) electrons. The highest BCUT2D eigenvalue weighted by molar-refractivity contribution is 6.30. The molecule has 1 fully saturated rings. The van der Waals surface area contributed by atoms with Crippen molar-refractivity contribution in [1.82, 2.24) is 4.90 Å². The van der Waals surface area contributed by atoms with Gasteiger partial charge in [-0.3, -0.25) is 9.69 Å². The number of amides is 3. The molecule has 0 atom stereocenters. The number of nitrogens with one attached hydrogen (secondary N) is 1. The van der Waals surface area contributed by atoms with Crippen LogP contribution < -0.4 is 10.2 Å². The normalized spacial score (nSPS) is 13.6. The molecule has 3 aromatic rings. The zero-order chi connectivity index (χ0) is 22.5. The van der Waals surface area contributed by atoms with Crippen molar-refractivity contribution in [2.75, 3.05) is 23.3 Å². The maximum absolute atomic E-state index is 13.0. The summed E-state index contributed by atoms with van der Waals surface area (Å²) in [5.74, 6) is -0.295. The highest BCUT2D eigenvalue weighted by Crippen LogP contribution is 2.24. The van der Waals surface area contributed by atoms with E-state index in [9.17, 15) is 9.59 Å². The van der Waals surface area contributed by atoms with Crippen molar-refractivity contribution in [3.05, 3.63) is 94.5 Å². The van der Waals surface area contributed by atoms with Crippen LogP contribution in [-0.4, -0.2) is 29.9 Å². The molecule has 1 heterocycles. The van der Waals surface area contributed by atoms with E-state index < -0.39 is 0 Å². The average Bonchev–Trinajstić information content (AvgIpc) is 2.81. The van der Waals surface area contributed by atoms with Crippen molar-refractivity contribution >= 4 is 34.9 Å². The van der Waals surface area contributed by atoms with E-state index in [1.807, 2.05) is 47.4 Å². The molecule has 1 N–H and O–H groups in total. The van der Waals surface area contributed by atoms with E-state index >= 15 is 0 Å². The van der Waals surface area contributed by atoms with Crippen LogP contribution in [0, 0.1) is 11.3 Å². The van der Waals surface area contributed by atoms with Gasteiger partial charge in [0, 0.05) is 41.6 Å². The van der Waals surface area contributed by atoms with Gasteiger partial charge in [0.05, 0.1) is 11.6 Å². The summed E-state index contributed by atoms with van der Waals surface area (Å²) in [5, 5.41) is 12.5. The van der Waals surface area contributed by atoms with Crippen LogP contribution in [0.15, 0.2) is 72.8 Å². The predicted octanol–water partition coefficient (Wildman–Crippen LogP) is 5.30. The van der Waals surface area contributed by atoms with Gasteiger partial charge in [0.15, 0.2) is 0 Å². The molecule has 3 aromatic carbocycles. The Hall–Kier alpha value is -3.82. The molecular weight excluding hydrogens is 424 g/mol. The van der Waals surface area contributed by atoms with Crippen molar-refractivity contribution in [1.29, 1.82) is 5.26 Å². The van der Waals surface area contributed by atoms with Crippen molar-refractivity contribution in [3.8, 4) is 6.07 Å². The van der Waals surface area contributed by atoms with Crippen molar-refractivity contribution in [2.24, 2.45) is 0 Å². The molecule has 1 aliphatic rings. The van der Waals surface area contributed by atoms with Crippen molar-refractivity contribution in [2.45, 2.75) is 13.0 Å². The number of hydrogen-bond acceptors (Lipinski definition) is 3. The summed E-state index contributed by atoms with van der Waals surface area (Å²) in [6.45, 7) is 1.83. The highest BCUT2D eigenvalue weighted by atomic mass is 35.5. The minimum absolute atomic E-state index is 0.0543. The number of rotatable bonds is 5. The lowest BCUT2D eigenvalue weighted by Crippen LogP contribution is -2.49. The van der Waals surface area contributed by atoms with Gasteiger partial charge < -0.3 is 10.2 Å². The van der Waals surface area contributed by atoms with E-state index in [0.717, 1.165) is 17.7 Å². The molecule has 0 spiro atoms. The van der Waals surface area contributed by atoms with Crippen LogP contribution in [0.3, 0.4) is 0 Å². The van der Waals surface area contributed by atoms with Gasteiger partial charge in [-0.2, -0.15) is 5.26 Å². The fourth-order valence-electron chi connectivity index (χ4n) is 3.68. The minimum atomic E-state index is -0.295. The number of halogens is 1. The van der Waals surface area contributed by atoms with Gasteiger partial charge in [0.2, 0.25) is 0 Å². The topological polar surface area (TPSA) is 76.4 Å². The largest absolute Gasteiger partial charge is 0.324 e. The van der Waals surface area contributed by atoms with Crippen LogP contribution in [0.4, 0.5) is 16.2 Å². The molecule has 0 saturated carbocycles. The third-order valence-corrected chi connectivity index (χ3v) is 5.50. The highest BCUT2D eigenvalue weighted by Gasteiger charge is 2.26. The fourth-order valence-corrected chi connectivity index (χ4v) is 3.89. The molecule has 6 nitrogen and oxygen atoms in total. The Morgan fingerprint density at radius 3 is 2.56 bits per heavy atom. The third kappa shape index (κ3) is 4.90. The first-order valence-electron chi connectivity index (χ1n) is 10.3. The molecule has 32 heavy (non-hydrogen) atoms. The van der Waals surface area contributed by atoms with E-state index in [1.165, 1.54) is 0 Å². The van der Waals surface area contributed by atoms with Gasteiger partial charge in [-0.05, 0) is 66.6 Å². The van der Waals surface area contributed by atoms with E-state index in [-0.39, 0.29) is 11.9 Å². The lowest BCUT2D eigenvalue weighted by atomic mass is 10.1. The first kappa shape index (κ1) is 21.4. The van der Waals surface area contributed by atoms with Crippen LogP contribution >= 0.6 is 11.6 Å². The van der Waals surface area contributed by atoms with Crippen LogP contribution in [0.1, 0.15) is 27.9 Å². The van der Waals surface area contributed by atoms with E-state index in [4.69, 9.17) is 16.9 Å². The second-order valence-electron chi connectivity index (χ2n) is 7.53. The van der Waals surface area contributed by atoms with E-state index in [0.29, 0.717) is 41.5 Å². The second kappa shape index (κ2) is 9.54. The first-order valence-corrected chi connectivity index (χ1v) is 10.6. The molecule has 0 bridgehead atoms. The predicted molar refractivity (Wildman–Crippen MR) is 125 cm³/mol. The van der Waals surface area contributed by atoms with Gasteiger partial charge in [-0.25, -0.2) is 4.79 Å². The second-order valence-corrected chi connectivity index (χ2v) is 7.97. The molecule has 160 valence electrons. The summed E-state index contributed by atoms with van der Waals surface area (Å²) >= 11 is 6.07. The Morgan fingerprint density at radius 2 is 1.81 bits per heavy atom. The molecule has 7 heteroatoms. The fraction of sp³-hybridized carbons (Fsp3) is 0.160. The smallest absolute Gasteiger partial charge is 0.322 e.